The molecule has 0 saturated heterocycles. The highest BCUT2D eigenvalue weighted by Gasteiger charge is 2.26. The number of hydrogen-bond acceptors (Lipinski definition) is 2. The number of para-hydroxylation sites is 1. The van der Waals surface area contributed by atoms with Crippen LogP contribution in [-0.2, 0) is 11.3 Å². The number of ketones is 1. The molecule has 3 nitrogen and oxygen atoms in total. The van der Waals surface area contributed by atoms with E-state index in [-0.39, 0.29) is 18.1 Å². The van der Waals surface area contributed by atoms with Gasteiger partial charge in [-0.1, -0.05) is 42.0 Å². The molecule has 0 aromatic heterocycles. The van der Waals surface area contributed by atoms with Crippen LogP contribution in [0.25, 0.3) is 0 Å². The smallest absolute Gasteiger partial charge is 0.227 e. The van der Waals surface area contributed by atoms with E-state index in [1.54, 1.807) is 11.0 Å². The molecule has 3 heteroatoms. The minimum atomic E-state index is 0.00822. The highest BCUT2D eigenvalue weighted by Crippen LogP contribution is 2.28. The standard InChI is InChI=1S/C18H17NO2/c1-13-6-8-14(9-7-13)12-19-16-5-3-2-4-15(16)17(20)10-11-18(19)21/h2-9H,10-12H2,1H3. The predicted octanol–water partition coefficient (Wildman–Crippen LogP) is 3.50. The van der Waals surface area contributed by atoms with Crippen LogP contribution >= 0.6 is 0 Å². The fourth-order valence-electron chi connectivity index (χ4n) is 2.62. The van der Waals surface area contributed by atoms with Gasteiger partial charge >= 0.3 is 0 Å². The van der Waals surface area contributed by atoms with Crippen molar-refractivity contribution in [3.63, 3.8) is 0 Å². The van der Waals surface area contributed by atoms with Gasteiger partial charge in [0.2, 0.25) is 5.91 Å². The lowest BCUT2D eigenvalue weighted by atomic mass is 10.1. The third kappa shape index (κ3) is 2.72. The Bertz CT molecular complexity index is 689. The first kappa shape index (κ1) is 13.6. The zero-order valence-electron chi connectivity index (χ0n) is 12.0. The molecule has 2 aromatic rings. The van der Waals surface area contributed by atoms with E-state index in [1.165, 1.54) is 5.56 Å². The Hall–Kier alpha value is -2.42. The number of hydrogen-bond donors (Lipinski definition) is 0. The van der Waals surface area contributed by atoms with E-state index in [0.29, 0.717) is 18.5 Å². The number of rotatable bonds is 2. The molecule has 3 rings (SSSR count). The molecule has 0 radical (unpaired) electrons. The SMILES string of the molecule is Cc1ccc(CN2C(=O)CCC(=O)c3ccccc32)cc1. The van der Waals surface area contributed by atoms with Crippen molar-refractivity contribution in [1.29, 1.82) is 0 Å². The van der Waals surface area contributed by atoms with Gasteiger partial charge in [0, 0.05) is 18.4 Å². The van der Waals surface area contributed by atoms with Gasteiger partial charge in [-0.05, 0) is 24.6 Å². The van der Waals surface area contributed by atoms with Crippen LogP contribution in [0.1, 0.15) is 34.3 Å². The molecule has 1 aliphatic heterocycles. The summed E-state index contributed by atoms with van der Waals surface area (Å²) in [7, 11) is 0. The van der Waals surface area contributed by atoms with Crippen molar-refractivity contribution < 1.29 is 9.59 Å². The van der Waals surface area contributed by atoms with Crippen LogP contribution in [0.5, 0.6) is 0 Å². The van der Waals surface area contributed by atoms with Crippen molar-refractivity contribution in [3.05, 3.63) is 65.2 Å². The summed E-state index contributed by atoms with van der Waals surface area (Å²) in [6, 6.07) is 15.5. The Labute approximate surface area is 124 Å². The Morgan fingerprint density at radius 2 is 1.67 bits per heavy atom. The number of Topliss-reactive ketones (excluding diaryl/α,β-unsaturated/α-hetero) is 1. The first-order valence-corrected chi connectivity index (χ1v) is 7.13. The fraction of sp³-hybridized carbons (Fsp3) is 0.222. The van der Waals surface area contributed by atoms with Crippen molar-refractivity contribution in [2.24, 2.45) is 0 Å². The normalized spacial score (nSPS) is 14.8. The number of anilines is 1. The first-order valence-electron chi connectivity index (χ1n) is 7.13. The summed E-state index contributed by atoms with van der Waals surface area (Å²) in [5.41, 5.74) is 3.63. The maximum atomic E-state index is 12.4. The average Bonchev–Trinajstić information content (AvgIpc) is 2.62. The number of benzene rings is 2. The summed E-state index contributed by atoms with van der Waals surface area (Å²) in [6.45, 7) is 2.54. The van der Waals surface area contributed by atoms with Gasteiger partial charge in [-0.25, -0.2) is 0 Å². The molecule has 1 heterocycles. The summed E-state index contributed by atoms with van der Waals surface area (Å²) in [6.07, 6.45) is 0.569. The molecule has 0 atom stereocenters. The molecule has 0 bridgehead atoms. The third-order valence-corrected chi connectivity index (χ3v) is 3.82. The van der Waals surface area contributed by atoms with Crippen molar-refractivity contribution in [3.8, 4) is 0 Å². The minimum absolute atomic E-state index is 0.00822. The highest BCUT2D eigenvalue weighted by molar-refractivity contribution is 6.09. The Kier molecular flexibility index (Phi) is 3.57. The Morgan fingerprint density at radius 1 is 0.952 bits per heavy atom. The second kappa shape index (κ2) is 5.52. The van der Waals surface area contributed by atoms with E-state index >= 15 is 0 Å². The van der Waals surface area contributed by atoms with Gasteiger partial charge in [0.05, 0.1) is 12.2 Å². The van der Waals surface area contributed by atoms with Crippen molar-refractivity contribution >= 4 is 17.4 Å². The molecule has 0 spiro atoms. The molecular formula is C18H17NO2. The summed E-state index contributed by atoms with van der Waals surface area (Å²) in [4.78, 5) is 26.2. The van der Waals surface area contributed by atoms with Gasteiger partial charge in [0.25, 0.3) is 0 Å². The quantitative estimate of drug-likeness (QED) is 0.843. The van der Waals surface area contributed by atoms with E-state index in [2.05, 4.69) is 0 Å². The zero-order valence-corrected chi connectivity index (χ0v) is 12.0. The molecule has 1 aliphatic rings. The lowest BCUT2D eigenvalue weighted by Crippen LogP contribution is -2.29. The van der Waals surface area contributed by atoms with Crippen LogP contribution in [0, 0.1) is 6.92 Å². The molecule has 21 heavy (non-hydrogen) atoms. The van der Waals surface area contributed by atoms with Gasteiger partial charge in [-0.2, -0.15) is 0 Å². The van der Waals surface area contributed by atoms with E-state index in [1.807, 2.05) is 49.4 Å². The monoisotopic (exact) mass is 279 g/mol. The van der Waals surface area contributed by atoms with Crippen LogP contribution in [0.15, 0.2) is 48.5 Å². The predicted molar refractivity (Wildman–Crippen MR) is 82.4 cm³/mol. The number of carbonyl (C=O) groups excluding carboxylic acids is 2. The van der Waals surface area contributed by atoms with Crippen molar-refractivity contribution in [1.82, 2.24) is 0 Å². The van der Waals surface area contributed by atoms with Gasteiger partial charge in [0.15, 0.2) is 5.78 Å². The average molecular weight is 279 g/mol. The number of aryl methyl sites for hydroxylation is 1. The molecule has 0 unspecified atom stereocenters. The first-order chi connectivity index (χ1) is 10.1. The number of nitrogens with zero attached hydrogens (tertiary/aromatic N) is 1. The zero-order chi connectivity index (χ0) is 14.8. The number of amides is 1. The fourth-order valence-corrected chi connectivity index (χ4v) is 2.62. The van der Waals surface area contributed by atoms with Gasteiger partial charge in [0.1, 0.15) is 0 Å². The van der Waals surface area contributed by atoms with Crippen molar-refractivity contribution in [2.75, 3.05) is 4.90 Å². The summed E-state index contributed by atoms with van der Waals surface area (Å²) < 4.78 is 0. The van der Waals surface area contributed by atoms with E-state index in [9.17, 15) is 9.59 Å². The van der Waals surface area contributed by atoms with Gasteiger partial charge in [-0.15, -0.1) is 0 Å². The summed E-state index contributed by atoms with van der Waals surface area (Å²) in [5.74, 6) is 0.0548. The van der Waals surface area contributed by atoms with Crippen LogP contribution in [0.3, 0.4) is 0 Å². The third-order valence-electron chi connectivity index (χ3n) is 3.82. The maximum Gasteiger partial charge on any atom is 0.227 e. The van der Waals surface area contributed by atoms with Crippen molar-refractivity contribution in [2.45, 2.75) is 26.3 Å². The summed E-state index contributed by atoms with van der Waals surface area (Å²) in [5, 5.41) is 0. The van der Waals surface area contributed by atoms with E-state index < -0.39 is 0 Å². The topological polar surface area (TPSA) is 37.4 Å². The molecule has 0 fully saturated rings. The lowest BCUT2D eigenvalue weighted by Gasteiger charge is -2.22. The van der Waals surface area contributed by atoms with Crippen LogP contribution in [0.2, 0.25) is 0 Å². The minimum Gasteiger partial charge on any atom is -0.307 e. The largest absolute Gasteiger partial charge is 0.307 e. The Morgan fingerprint density at radius 3 is 2.43 bits per heavy atom. The lowest BCUT2D eigenvalue weighted by molar-refractivity contribution is -0.118. The number of fused-ring (bicyclic) bond motifs is 1. The summed E-state index contributed by atoms with van der Waals surface area (Å²) >= 11 is 0. The van der Waals surface area contributed by atoms with Gasteiger partial charge in [-0.3, -0.25) is 9.59 Å². The van der Waals surface area contributed by atoms with Crippen LogP contribution in [0.4, 0.5) is 5.69 Å². The van der Waals surface area contributed by atoms with Crippen LogP contribution < -0.4 is 4.90 Å². The van der Waals surface area contributed by atoms with E-state index in [0.717, 1.165) is 11.3 Å². The molecular weight excluding hydrogens is 262 g/mol. The Balaban J connectivity index is 1.99. The molecule has 106 valence electrons. The second-order valence-corrected chi connectivity index (χ2v) is 5.41. The molecule has 0 N–H and O–H groups in total. The molecule has 1 amide bonds. The van der Waals surface area contributed by atoms with E-state index in [4.69, 9.17) is 0 Å². The molecule has 0 saturated carbocycles. The number of carbonyl (C=O) groups is 2. The molecule has 2 aromatic carbocycles. The van der Waals surface area contributed by atoms with Crippen LogP contribution in [-0.4, -0.2) is 11.7 Å². The van der Waals surface area contributed by atoms with Gasteiger partial charge < -0.3 is 4.90 Å². The maximum absolute atomic E-state index is 12.4. The second-order valence-electron chi connectivity index (χ2n) is 5.41. The highest BCUT2D eigenvalue weighted by atomic mass is 16.2. The molecule has 0 aliphatic carbocycles.